The van der Waals surface area contributed by atoms with E-state index >= 15 is 0 Å². The summed E-state index contributed by atoms with van der Waals surface area (Å²) in [7, 11) is 0. The zero-order valence-corrected chi connectivity index (χ0v) is 12.4. The maximum Gasteiger partial charge on any atom is 0.0649 e. The van der Waals surface area contributed by atoms with E-state index in [0.29, 0.717) is 0 Å². The summed E-state index contributed by atoms with van der Waals surface area (Å²) in [6, 6.07) is 10.1. The van der Waals surface area contributed by atoms with Crippen molar-refractivity contribution in [2.24, 2.45) is 5.84 Å². The van der Waals surface area contributed by atoms with Crippen molar-refractivity contribution in [3.8, 4) is 0 Å². The Balaban J connectivity index is 2.05. The lowest BCUT2D eigenvalue weighted by Crippen LogP contribution is -2.29. The maximum absolute atomic E-state index is 6.14. The van der Waals surface area contributed by atoms with Gasteiger partial charge in [0.25, 0.3) is 0 Å². The summed E-state index contributed by atoms with van der Waals surface area (Å²) >= 11 is 9.59. The summed E-state index contributed by atoms with van der Waals surface area (Å²) < 4.78 is 0. The number of rotatable bonds is 5. The van der Waals surface area contributed by atoms with Crippen LogP contribution in [0.1, 0.15) is 16.5 Å². The van der Waals surface area contributed by atoms with Crippen molar-refractivity contribution in [2.45, 2.75) is 17.9 Å². The predicted molar refractivity (Wildman–Crippen MR) is 81.3 cm³/mol. The first-order chi connectivity index (χ1) is 8.72. The second-order valence-corrected chi connectivity index (χ2v) is 6.35. The van der Waals surface area contributed by atoms with Crippen molar-refractivity contribution in [1.29, 1.82) is 0 Å². The van der Waals surface area contributed by atoms with Gasteiger partial charge in [-0.15, -0.1) is 23.1 Å². The average molecular weight is 299 g/mol. The summed E-state index contributed by atoms with van der Waals surface area (Å²) in [5.74, 6) is 6.51. The van der Waals surface area contributed by atoms with Crippen LogP contribution < -0.4 is 11.3 Å². The van der Waals surface area contributed by atoms with Gasteiger partial charge >= 0.3 is 0 Å². The summed E-state index contributed by atoms with van der Waals surface area (Å²) in [6.45, 7) is 2.11. The van der Waals surface area contributed by atoms with Crippen LogP contribution in [0.15, 0.2) is 40.6 Å². The van der Waals surface area contributed by atoms with E-state index in [0.717, 1.165) is 15.7 Å². The second kappa shape index (κ2) is 6.59. The number of thiophene rings is 1. The first kappa shape index (κ1) is 13.9. The number of benzene rings is 1. The number of halogens is 1. The highest BCUT2D eigenvalue weighted by atomic mass is 35.5. The third-order valence-corrected chi connectivity index (χ3v) is 5.40. The Morgan fingerprint density at radius 2 is 2.17 bits per heavy atom. The molecule has 0 spiro atoms. The second-order valence-electron chi connectivity index (χ2n) is 3.93. The quantitative estimate of drug-likeness (QED) is 0.498. The van der Waals surface area contributed by atoms with Crippen molar-refractivity contribution < 1.29 is 0 Å². The molecule has 2 rings (SSSR count). The molecule has 96 valence electrons. The summed E-state index contributed by atoms with van der Waals surface area (Å²) in [5.41, 5.74) is 4.16. The third-order valence-electron chi connectivity index (χ3n) is 2.66. The number of hydrogen-bond acceptors (Lipinski definition) is 4. The Labute approximate surface area is 121 Å². The van der Waals surface area contributed by atoms with E-state index in [1.165, 1.54) is 10.4 Å². The SMILES string of the molecule is Cc1ccsc1C(CSc1ccccc1Cl)NN. The van der Waals surface area contributed by atoms with Crippen LogP contribution in [-0.4, -0.2) is 5.75 Å². The first-order valence-corrected chi connectivity index (χ1v) is 7.84. The summed E-state index contributed by atoms with van der Waals surface area (Å²) in [6.07, 6.45) is 0. The fourth-order valence-electron chi connectivity index (χ4n) is 1.68. The topological polar surface area (TPSA) is 38.0 Å². The first-order valence-electron chi connectivity index (χ1n) is 5.60. The van der Waals surface area contributed by atoms with Crippen LogP contribution in [0.3, 0.4) is 0 Å². The minimum atomic E-state index is 0.159. The summed E-state index contributed by atoms with van der Waals surface area (Å²) in [5, 5.41) is 2.89. The predicted octanol–water partition coefficient (Wildman–Crippen LogP) is 4.01. The van der Waals surface area contributed by atoms with Crippen LogP contribution in [0.25, 0.3) is 0 Å². The van der Waals surface area contributed by atoms with E-state index in [1.54, 1.807) is 23.1 Å². The van der Waals surface area contributed by atoms with Crippen molar-refractivity contribution in [3.05, 3.63) is 51.2 Å². The Morgan fingerprint density at radius 3 is 2.78 bits per heavy atom. The summed E-state index contributed by atoms with van der Waals surface area (Å²) in [4.78, 5) is 2.38. The highest BCUT2D eigenvalue weighted by Crippen LogP contribution is 2.32. The molecule has 0 aliphatic rings. The van der Waals surface area contributed by atoms with E-state index < -0.39 is 0 Å². The van der Waals surface area contributed by atoms with Gasteiger partial charge in [-0.05, 0) is 36.1 Å². The molecule has 0 fully saturated rings. The van der Waals surface area contributed by atoms with Gasteiger partial charge in [0.15, 0.2) is 0 Å². The van der Waals surface area contributed by atoms with Gasteiger partial charge in [0.2, 0.25) is 0 Å². The molecule has 5 heteroatoms. The van der Waals surface area contributed by atoms with Crippen molar-refractivity contribution in [3.63, 3.8) is 0 Å². The number of aryl methyl sites for hydroxylation is 1. The average Bonchev–Trinajstić information content (AvgIpc) is 2.79. The highest BCUT2D eigenvalue weighted by Gasteiger charge is 2.14. The molecule has 18 heavy (non-hydrogen) atoms. The molecule has 3 N–H and O–H groups in total. The smallest absolute Gasteiger partial charge is 0.0649 e. The molecule has 0 saturated heterocycles. The van der Waals surface area contributed by atoms with Crippen LogP contribution in [0.4, 0.5) is 0 Å². The van der Waals surface area contributed by atoms with Gasteiger partial charge in [-0.3, -0.25) is 11.3 Å². The van der Waals surface area contributed by atoms with Crippen LogP contribution in [-0.2, 0) is 0 Å². The highest BCUT2D eigenvalue weighted by molar-refractivity contribution is 7.99. The van der Waals surface area contributed by atoms with Crippen molar-refractivity contribution >= 4 is 34.7 Å². The molecule has 0 saturated carbocycles. The molecular weight excluding hydrogens is 284 g/mol. The maximum atomic E-state index is 6.14. The fourth-order valence-corrected chi connectivity index (χ4v) is 4.06. The molecule has 2 nitrogen and oxygen atoms in total. The number of nitrogens with one attached hydrogen (secondary N) is 1. The minimum absolute atomic E-state index is 0.159. The molecule has 1 heterocycles. The lowest BCUT2D eigenvalue weighted by molar-refractivity contribution is 0.618. The van der Waals surface area contributed by atoms with Crippen LogP contribution in [0, 0.1) is 6.92 Å². The van der Waals surface area contributed by atoms with Gasteiger partial charge in [-0.25, -0.2) is 0 Å². The van der Waals surface area contributed by atoms with Crippen molar-refractivity contribution in [2.75, 3.05) is 5.75 Å². The van der Waals surface area contributed by atoms with E-state index in [2.05, 4.69) is 23.8 Å². The fraction of sp³-hybridized carbons (Fsp3) is 0.231. The number of nitrogens with two attached hydrogens (primary N) is 1. The molecule has 0 bridgehead atoms. The standard InChI is InChI=1S/C13H15ClN2S2/c1-9-6-7-17-13(9)11(16-15)8-18-12-5-3-2-4-10(12)14/h2-7,11,16H,8,15H2,1H3. The van der Waals surface area contributed by atoms with Crippen LogP contribution >= 0.6 is 34.7 Å². The number of thioether (sulfide) groups is 1. The van der Waals surface area contributed by atoms with Crippen molar-refractivity contribution in [1.82, 2.24) is 5.43 Å². The van der Waals surface area contributed by atoms with Gasteiger partial charge in [-0.1, -0.05) is 23.7 Å². The lowest BCUT2D eigenvalue weighted by Gasteiger charge is -2.15. The molecule has 1 aromatic carbocycles. The normalized spacial score (nSPS) is 12.6. The van der Waals surface area contributed by atoms with Gasteiger partial charge in [0, 0.05) is 15.5 Å². The zero-order chi connectivity index (χ0) is 13.0. The van der Waals surface area contributed by atoms with Gasteiger partial charge in [0.1, 0.15) is 0 Å². The Morgan fingerprint density at radius 1 is 1.39 bits per heavy atom. The molecule has 2 aromatic rings. The van der Waals surface area contributed by atoms with Crippen LogP contribution in [0.2, 0.25) is 5.02 Å². The van der Waals surface area contributed by atoms with Gasteiger partial charge < -0.3 is 0 Å². The molecular formula is C13H15ClN2S2. The van der Waals surface area contributed by atoms with E-state index in [4.69, 9.17) is 17.4 Å². The van der Waals surface area contributed by atoms with E-state index in [9.17, 15) is 0 Å². The van der Waals surface area contributed by atoms with Gasteiger partial charge in [-0.2, -0.15) is 0 Å². The molecule has 0 amide bonds. The Kier molecular flexibility index (Phi) is 5.09. The molecule has 0 aliphatic heterocycles. The Hall–Kier alpha value is -0.520. The monoisotopic (exact) mass is 298 g/mol. The zero-order valence-electron chi connectivity index (χ0n) is 10.0. The number of hydrogen-bond donors (Lipinski definition) is 2. The molecule has 0 aliphatic carbocycles. The number of hydrazine groups is 1. The largest absolute Gasteiger partial charge is 0.271 e. The Bertz CT molecular complexity index is 513. The molecule has 1 unspecified atom stereocenters. The molecule has 1 aromatic heterocycles. The van der Waals surface area contributed by atoms with Crippen LogP contribution in [0.5, 0.6) is 0 Å². The lowest BCUT2D eigenvalue weighted by atomic mass is 10.2. The van der Waals surface area contributed by atoms with Gasteiger partial charge in [0.05, 0.1) is 11.1 Å². The molecule has 0 radical (unpaired) electrons. The third kappa shape index (κ3) is 3.28. The van der Waals surface area contributed by atoms with E-state index in [1.807, 2.05) is 24.3 Å². The minimum Gasteiger partial charge on any atom is -0.271 e. The molecule has 1 atom stereocenters. The van der Waals surface area contributed by atoms with E-state index in [-0.39, 0.29) is 6.04 Å².